The van der Waals surface area contributed by atoms with Gasteiger partial charge in [-0.1, -0.05) is 60.7 Å². The summed E-state index contributed by atoms with van der Waals surface area (Å²) in [4.78, 5) is 40.6. The molecule has 3 rings (SSSR count). The maximum absolute atomic E-state index is 13.1. The van der Waals surface area contributed by atoms with Crippen molar-refractivity contribution in [3.8, 4) is 0 Å². The molecule has 1 heterocycles. The van der Waals surface area contributed by atoms with Gasteiger partial charge in [0.15, 0.2) is 0 Å². The molecule has 5 nitrogen and oxygen atoms in total. The van der Waals surface area contributed by atoms with Gasteiger partial charge in [-0.25, -0.2) is 4.79 Å². The second kappa shape index (κ2) is 9.50. The lowest BCUT2D eigenvalue weighted by atomic mass is 10.0. The Kier molecular flexibility index (Phi) is 6.81. The molecule has 29 heavy (non-hydrogen) atoms. The van der Waals surface area contributed by atoms with Gasteiger partial charge in [0.2, 0.25) is 11.8 Å². The van der Waals surface area contributed by atoms with Crippen molar-refractivity contribution in [1.29, 1.82) is 0 Å². The molecule has 0 saturated carbocycles. The zero-order valence-corrected chi connectivity index (χ0v) is 17.1. The molecule has 4 amide bonds. The predicted molar refractivity (Wildman–Crippen MR) is 112 cm³/mol. The average molecular weight is 392 g/mol. The Bertz CT molecular complexity index is 781. The Balaban J connectivity index is 1.64. The maximum atomic E-state index is 13.1. The summed E-state index contributed by atoms with van der Waals surface area (Å²) in [6, 6.07) is 19.0. The van der Waals surface area contributed by atoms with Gasteiger partial charge in [0, 0.05) is 12.1 Å². The number of imide groups is 2. The number of hydrogen-bond acceptors (Lipinski definition) is 3. The first-order valence-corrected chi connectivity index (χ1v) is 10.2. The first-order valence-electron chi connectivity index (χ1n) is 10.2. The molecule has 0 radical (unpaired) electrons. The second-order valence-corrected chi connectivity index (χ2v) is 7.73. The maximum Gasteiger partial charge on any atom is 0.333 e. The van der Waals surface area contributed by atoms with E-state index in [4.69, 9.17) is 0 Å². The van der Waals surface area contributed by atoms with Crippen molar-refractivity contribution in [2.75, 3.05) is 0 Å². The minimum Gasteiger partial charge on any atom is -0.274 e. The fraction of sp³-hybridized carbons (Fsp3) is 0.375. The van der Waals surface area contributed by atoms with Crippen LogP contribution in [0.3, 0.4) is 0 Å². The largest absolute Gasteiger partial charge is 0.333 e. The van der Waals surface area contributed by atoms with E-state index in [-0.39, 0.29) is 18.5 Å². The Morgan fingerprint density at radius 2 is 1.07 bits per heavy atom. The smallest absolute Gasteiger partial charge is 0.274 e. The van der Waals surface area contributed by atoms with E-state index < -0.39 is 17.8 Å². The fourth-order valence-electron chi connectivity index (χ4n) is 3.80. The summed E-state index contributed by atoms with van der Waals surface area (Å²) < 4.78 is 0. The van der Waals surface area contributed by atoms with Crippen molar-refractivity contribution in [2.45, 2.75) is 58.0 Å². The zero-order valence-electron chi connectivity index (χ0n) is 17.1. The summed E-state index contributed by atoms with van der Waals surface area (Å²) in [7, 11) is 0. The number of benzene rings is 2. The van der Waals surface area contributed by atoms with Crippen LogP contribution in [0.15, 0.2) is 60.7 Å². The molecule has 1 fully saturated rings. The highest BCUT2D eigenvalue weighted by molar-refractivity contribution is 6.14. The third kappa shape index (κ3) is 5.11. The molecular formula is C24H28N2O3. The number of carbonyl (C=O) groups is 3. The van der Waals surface area contributed by atoms with Gasteiger partial charge in [0.1, 0.15) is 6.42 Å². The van der Waals surface area contributed by atoms with Gasteiger partial charge in [0.25, 0.3) is 0 Å². The third-order valence-corrected chi connectivity index (χ3v) is 5.52. The summed E-state index contributed by atoms with van der Waals surface area (Å²) in [6.45, 7) is 3.75. The summed E-state index contributed by atoms with van der Waals surface area (Å²) in [5, 5.41) is 0. The highest BCUT2D eigenvalue weighted by Crippen LogP contribution is 2.22. The summed E-state index contributed by atoms with van der Waals surface area (Å²) in [5.74, 6) is -0.792. The van der Waals surface area contributed by atoms with E-state index in [0.717, 1.165) is 12.8 Å². The van der Waals surface area contributed by atoms with Crippen LogP contribution in [0.2, 0.25) is 0 Å². The van der Waals surface area contributed by atoms with Crippen LogP contribution in [0.25, 0.3) is 0 Å². The molecule has 1 aliphatic rings. The molecular weight excluding hydrogens is 364 g/mol. The van der Waals surface area contributed by atoms with Crippen molar-refractivity contribution in [1.82, 2.24) is 9.80 Å². The molecule has 2 aromatic carbocycles. The number of urea groups is 1. The predicted octanol–water partition coefficient (Wildman–Crippen LogP) is 4.21. The normalized spacial score (nSPS) is 16.8. The van der Waals surface area contributed by atoms with Gasteiger partial charge in [-0.15, -0.1) is 0 Å². The fourth-order valence-corrected chi connectivity index (χ4v) is 3.80. The minimum atomic E-state index is -0.479. The molecule has 0 N–H and O–H groups in total. The number of rotatable bonds is 8. The van der Waals surface area contributed by atoms with E-state index in [2.05, 4.69) is 0 Å². The summed E-state index contributed by atoms with van der Waals surface area (Å²) >= 11 is 0. The van der Waals surface area contributed by atoms with E-state index in [1.165, 1.54) is 20.9 Å². The highest BCUT2D eigenvalue weighted by Gasteiger charge is 2.42. The van der Waals surface area contributed by atoms with Gasteiger partial charge in [-0.3, -0.25) is 19.4 Å². The number of hydrogen-bond donors (Lipinski definition) is 0. The SMILES string of the molecule is CC(CCc1ccccc1)N1C(=O)CC(=O)N(C(C)CCc2ccccc2)C1=O. The van der Waals surface area contributed by atoms with Crippen LogP contribution in [-0.4, -0.2) is 39.7 Å². The van der Waals surface area contributed by atoms with E-state index in [1.54, 1.807) is 0 Å². The summed E-state index contributed by atoms with van der Waals surface area (Å²) in [6.07, 6.45) is 2.65. The van der Waals surface area contributed by atoms with Crippen LogP contribution in [0.5, 0.6) is 0 Å². The van der Waals surface area contributed by atoms with Crippen LogP contribution in [0.4, 0.5) is 4.79 Å². The van der Waals surface area contributed by atoms with Crippen LogP contribution in [0, 0.1) is 0 Å². The van der Waals surface area contributed by atoms with Gasteiger partial charge in [0.05, 0.1) is 0 Å². The van der Waals surface area contributed by atoms with Gasteiger partial charge in [-0.05, 0) is 50.7 Å². The molecule has 2 unspecified atom stereocenters. The Hall–Kier alpha value is -2.95. The standard InChI is InChI=1S/C24H28N2O3/c1-18(13-15-20-9-5-3-6-10-20)25-22(27)17-23(28)26(24(25)29)19(2)14-16-21-11-7-4-8-12-21/h3-12,18-19H,13-17H2,1-2H3. The van der Waals surface area contributed by atoms with Crippen molar-refractivity contribution in [3.05, 3.63) is 71.8 Å². The molecule has 2 atom stereocenters. The first kappa shape index (κ1) is 20.8. The topological polar surface area (TPSA) is 57.7 Å². The van der Waals surface area contributed by atoms with Crippen molar-refractivity contribution in [2.24, 2.45) is 0 Å². The second-order valence-electron chi connectivity index (χ2n) is 7.73. The number of amides is 4. The van der Waals surface area contributed by atoms with Gasteiger partial charge >= 0.3 is 6.03 Å². The number of aryl methyl sites for hydroxylation is 2. The Morgan fingerprint density at radius 3 is 1.45 bits per heavy atom. The molecule has 5 heteroatoms. The van der Waals surface area contributed by atoms with E-state index >= 15 is 0 Å². The van der Waals surface area contributed by atoms with Gasteiger partial charge in [-0.2, -0.15) is 0 Å². The number of barbiturate groups is 1. The lowest BCUT2D eigenvalue weighted by Crippen LogP contribution is -2.60. The van der Waals surface area contributed by atoms with Gasteiger partial charge < -0.3 is 0 Å². The monoisotopic (exact) mass is 392 g/mol. The van der Waals surface area contributed by atoms with Crippen molar-refractivity contribution in [3.63, 3.8) is 0 Å². The first-order chi connectivity index (χ1) is 14.0. The van der Waals surface area contributed by atoms with Crippen molar-refractivity contribution >= 4 is 17.8 Å². The molecule has 0 spiro atoms. The third-order valence-electron chi connectivity index (χ3n) is 5.52. The lowest BCUT2D eigenvalue weighted by molar-refractivity contribution is -0.145. The lowest BCUT2D eigenvalue weighted by Gasteiger charge is -2.39. The minimum absolute atomic E-state index is 0.239. The summed E-state index contributed by atoms with van der Waals surface area (Å²) in [5.41, 5.74) is 2.33. The molecule has 1 aliphatic heterocycles. The highest BCUT2D eigenvalue weighted by atomic mass is 16.2. The zero-order chi connectivity index (χ0) is 20.8. The molecule has 2 aromatic rings. The quantitative estimate of drug-likeness (QED) is 0.633. The van der Waals surface area contributed by atoms with E-state index in [0.29, 0.717) is 12.8 Å². The van der Waals surface area contributed by atoms with Crippen LogP contribution in [-0.2, 0) is 22.4 Å². The van der Waals surface area contributed by atoms with Crippen LogP contribution >= 0.6 is 0 Å². The average Bonchev–Trinajstić information content (AvgIpc) is 2.72. The Morgan fingerprint density at radius 1 is 0.690 bits per heavy atom. The van der Waals surface area contributed by atoms with E-state index in [9.17, 15) is 14.4 Å². The molecule has 0 aliphatic carbocycles. The molecule has 1 saturated heterocycles. The number of nitrogens with zero attached hydrogens (tertiary/aromatic N) is 2. The Labute approximate surface area is 172 Å². The van der Waals surface area contributed by atoms with Crippen LogP contribution in [0.1, 0.15) is 44.2 Å². The molecule has 0 aromatic heterocycles. The number of carbonyl (C=O) groups excluding carboxylic acids is 3. The van der Waals surface area contributed by atoms with Crippen LogP contribution < -0.4 is 0 Å². The van der Waals surface area contributed by atoms with Crippen molar-refractivity contribution < 1.29 is 14.4 Å². The van der Waals surface area contributed by atoms with E-state index in [1.807, 2.05) is 74.5 Å². The molecule has 0 bridgehead atoms. The molecule has 152 valence electrons.